The van der Waals surface area contributed by atoms with E-state index in [9.17, 15) is 9.59 Å². The molecular weight excluding hydrogens is 192 g/mol. The van der Waals surface area contributed by atoms with Gasteiger partial charge < -0.3 is 4.74 Å². The van der Waals surface area contributed by atoms with Gasteiger partial charge in [0.15, 0.2) is 5.78 Å². The highest BCUT2D eigenvalue weighted by Crippen LogP contribution is 2.52. The van der Waals surface area contributed by atoms with Crippen LogP contribution in [0.15, 0.2) is 12.2 Å². The summed E-state index contributed by atoms with van der Waals surface area (Å²) >= 11 is 0. The lowest BCUT2D eigenvalue weighted by Crippen LogP contribution is -2.45. The third-order valence-corrected chi connectivity index (χ3v) is 3.76. The molecule has 2 rings (SSSR count). The molecule has 2 saturated carbocycles. The van der Waals surface area contributed by atoms with Crippen LogP contribution < -0.4 is 0 Å². The maximum absolute atomic E-state index is 12.0. The van der Waals surface area contributed by atoms with Crippen LogP contribution in [0.5, 0.6) is 0 Å². The number of carbonyl (C=O) groups excluding carboxylic acids is 2. The van der Waals surface area contributed by atoms with Gasteiger partial charge in [0.05, 0.1) is 7.11 Å². The van der Waals surface area contributed by atoms with Crippen LogP contribution in [0.25, 0.3) is 0 Å². The number of rotatable bonds is 1. The highest BCUT2D eigenvalue weighted by Gasteiger charge is 2.57. The number of Topliss-reactive ketones (excluding diaryl/α,β-unsaturated/α-hetero) is 1. The number of ether oxygens (including phenoxy) is 1. The zero-order valence-electron chi connectivity index (χ0n) is 9.04. The number of hydrogen-bond donors (Lipinski definition) is 0. The van der Waals surface area contributed by atoms with Crippen LogP contribution in [0.2, 0.25) is 0 Å². The molecule has 0 radical (unpaired) electrons. The zero-order valence-corrected chi connectivity index (χ0v) is 9.04. The van der Waals surface area contributed by atoms with E-state index in [0.29, 0.717) is 12.8 Å². The van der Waals surface area contributed by atoms with Crippen LogP contribution in [0, 0.1) is 11.3 Å². The number of fused-ring (bicyclic) bond motifs is 1. The first-order valence-corrected chi connectivity index (χ1v) is 5.39. The highest BCUT2D eigenvalue weighted by molar-refractivity contribution is 6.05. The van der Waals surface area contributed by atoms with Gasteiger partial charge in [-0.15, -0.1) is 0 Å². The van der Waals surface area contributed by atoms with Crippen LogP contribution in [-0.4, -0.2) is 18.9 Å². The smallest absolute Gasteiger partial charge is 0.319 e. The fourth-order valence-electron chi connectivity index (χ4n) is 3.08. The van der Waals surface area contributed by atoms with Gasteiger partial charge in [-0.05, 0) is 31.6 Å². The molecule has 0 aromatic rings. The molecule has 0 N–H and O–H groups in total. The number of hydrogen-bond acceptors (Lipinski definition) is 3. The molecule has 0 spiro atoms. The van der Waals surface area contributed by atoms with Crippen molar-refractivity contribution in [2.45, 2.75) is 32.1 Å². The largest absolute Gasteiger partial charge is 0.468 e. The minimum atomic E-state index is -0.871. The minimum Gasteiger partial charge on any atom is -0.468 e. The topological polar surface area (TPSA) is 43.4 Å². The van der Waals surface area contributed by atoms with Crippen molar-refractivity contribution in [1.82, 2.24) is 0 Å². The Hall–Kier alpha value is -1.12. The molecule has 2 atom stereocenters. The molecule has 0 aromatic heterocycles. The van der Waals surface area contributed by atoms with E-state index < -0.39 is 5.41 Å². The SMILES string of the molecule is C=C1C[C@H]2CCCC(=O)[C@@]2(C(=O)OC)C1. The lowest BCUT2D eigenvalue weighted by atomic mass is 9.67. The average Bonchev–Trinajstić information content (AvgIpc) is 2.56. The number of methoxy groups -OCH3 is 1. The van der Waals surface area contributed by atoms with E-state index in [1.807, 2.05) is 0 Å². The van der Waals surface area contributed by atoms with Crippen molar-refractivity contribution in [3.8, 4) is 0 Å². The second kappa shape index (κ2) is 3.47. The third-order valence-electron chi connectivity index (χ3n) is 3.76. The second-order valence-corrected chi connectivity index (χ2v) is 4.61. The number of carbonyl (C=O) groups is 2. The Morgan fingerprint density at radius 1 is 1.60 bits per heavy atom. The summed E-state index contributed by atoms with van der Waals surface area (Å²) in [6.45, 7) is 3.91. The van der Waals surface area contributed by atoms with E-state index in [2.05, 4.69) is 6.58 Å². The molecule has 0 bridgehead atoms. The normalized spacial score (nSPS) is 35.1. The predicted octanol–water partition coefficient (Wildman–Crippen LogP) is 1.86. The van der Waals surface area contributed by atoms with Crippen LogP contribution in [0.4, 0.5) is 0 Å². The Labute approximate surface area is 89.5 Å². The monoisotopic (exact) mass is 208 g/mol. The van der Waals surface area contributed by atoms with Crippen molar-refractivity contribution < 1.29 is 14.3 Å². The minimum absolute atomic E-state index is 0.0595. The van der Waals surface area contributed by atoms with Crippen molar-refractivity contribution in [1.29, 1.82) is 0 Å². The number of esters is 1. The molecule has 2 fully saturated rings. The molecule has 2 aliphatic carbocycles. The molecule has 3 heteroatoms. The summed E-state index contributed by atoms with van der Waals surface area (Å²) in [5, 5.41) is 0. The van der Waals surface area contributed by atoms with Crippen LogP contribution in [0.3, 0.4) is 0 Å². The first kappa shape index (κ1) is 10.4. The van der Waals surface area contributed by atoms with Crippen LogP contribution in [0.1, 0.15) is 32.1 Å². The summed E-state index contributed by atoms with van der Waals surface area (Å²) < 4.78 is 4.81. The average molecular weight is 208 g/mol. The first-order chi connectivity index (χ1) is 7.11. The molecule has 0 aromatic carbocycles. The van der Waals surface area contributed by atoms with Gasteiger partial charge in [-0.25, -0.2) is 0 Å². The lowest BCUT2D eigenvalue weighted by Gasteiger charge is -2.34. The van der Waals surface area contributed by atoms with Crippen LogP contribution >= 0.6 is 0 Å². The van der Waals surface area contributed by atoms with Gasteiger partial charge in [-0.1, -0.05) is 12.2 Å². The van der Waals surface area contributed by atoms with E-state index >= 15 is 0 Å². The van der Waals surface area contributed by atoms with Crippen molar-refractivity contribution in [2.24, 2.45) is 11.3 Å². The maximum atomic E-state index is 12.0. The van der Waals surface area contributed by atoms with E-state index in [-0.39, 0.29) is 17.7 Å². The van der Waals surface area contributed by atoms with Gasteiger partial charge in [-0.2, -0.15) is 0 Å². The van der Waals surface area contributed by atoms with Gasteiger partial charge in [0.2, 0.25) is 0 Å². The zero-order chi connectivity index (χ0) is 11.1. The molecule has 0 heterocycles. The van der Waals surface area contributed by atoms with Crippen molar-refractivity contribution >= 4 is 11.8 Å². The summed E-state index contributed by atoms with van der Waals surface area (Å²) in [7, 11) is 1.36. The van der Waals surface area contributed by atoms with Gasteiger partial charge in [0, 0.05) is 6.42 Å². The third kappa shape index (κ3) is 1.33. The summed E-state index contributed by atoms with van der Waals surface area (Å²) in [5.74, 6) is -0.154. The summed E-state index contributed by atoms with van der Waals surface area (Å²) in [5.41, 5.74) is 0.144. The Morgan fingerprint density at radius 2 is 2.33 bits per heavy atom. The van der Waals surface area contributed by atoms with E-state index in [4.69, 9.17) is 4.74 Å². The van der Waals surface area contributed by atoms with E-state index in [0.717, 1.165) is 24.8 Å². The molecule has 0 unspecified atom stereocenters. The molecular formula is C12H16O3. The molecule has 3 nitrogen and oxygen atoms in total. The van der Waals surface area contributed by atoms with Gasteiger partial charge in [-0.3, -0.25) is 9.59 Å². The van der Waals surface area contributed by atoms with Crippen LogP contribution in [-0.2, 0) is 14.3 Å². The van der Waals surface area contributed by atoms with Gasteiger partial charge in [0.25, 0.3) is 0 Å². The fraction of sp³-hybridized carbons (Fsp3) is 0.667. The summed E-state index contributed by atoms with van der Waals surface area (Å²) in [4.78, 5) is 23.8. The van der Waals surface area contributed by atoms with Crippen molar-refractivity contribution in [3.05, 3.63) is 12.2 Å². The predicted molar refractivity (Wildman–Crippen MR) is 55.2 cm³/mol. The molecule has 15 heavy (non-hydrogen) atoms. The maximum Gasteiger partial charge on any atom is 0.319 e. The molecule has 0 aliphatic heterocycles. The van der Waals surface area contributed by atoms with Crippen molar-refractivity contribution in [3.63, 3.8) is 0 Å². The highest BCUT2D eigenvalue weighted by atomic mass is 16.5. The molecule has 0 saturated heterocycles. The Morgan fingerprint density at radius 3 is 3.00 bits per heavy atom. The first-order valence-electron chi connectivity index (χ1n) is 5.39. The second-order valence-electron chi connectivity index (χ2n) is 4.61. The fourth-order valence-corrected chi connectivity index (χ4v) is 3.08. The molecule has 82 valence electrons. The van der Waals surface area contributed by atoms with Gasteiger partial charge >= 0.3 is 5.97 Å². The van der Waals surface area contributed by atoms with E-state index in [1.54, 1.807) is 0 Å². The molecule has 2 aliphatic rings. The quantitative estimate of drug-likeness (QED) is 0.375. The number of allylic oxidation sites excluding steroid dienone is 1. The lowest BCUT2D eigenvalue weighted by molar-refractivity contribution is -0.162. The summed E-state index contributed by atoms with van der Waals surface area (Å²) in [6, 6.07) is 0. The van der Waals surface area contributed by atoms with E-state index in [1.165, 1.54) is 7.11 Å². The Balaban J connectivity index is 2.40. The number of ketones is 1. The summed E-state index contributed by atoms with van der Waals surface area (Å²) in [6.07, 6.45) is 3.66. The Kier molecular flexibility index (Phi) is 2.41. The standard InChI is InChI=1S/C12H16O3/c1-8-6-9-4-3-5-10(13)12(9,7-8)11(14)15-2/h9H,1,3-7H2,2H3/t9-,12-/m1/s1. The Bertz CT molecular complexity index is 322. The van der Waals surface area contributed by atoms with Crippen molar-refractivity contribution in [2.75, 3.05) is 7.11 Å². The molecule has 0 amide bonds. The van der Waals surface area contributed by atoms with Gasteiger partial charge in [0.1, 0.15) is 5.41 Å².